The van der Waals surface area contributed by atoms with Gasteiger partial charge in [-0.3, -0.25) is 0 Å². The Bertz CT molecular complexity index is 208. The molecular formula is C11H20F3NS. The highest BCUT2D eigenvalue weighted by Gasteiger charge is 2.41. The van der Waals surface area contributed by atoms with Gasteiger partial charge in [0.1, 0.15) is 5.25 Å². The molecule has 1 aliphatic rings. The fourth-order valence-electron chi connectivity index (χ4n) is 2.19. The summed E-state index contributed by atoms with van der Waals surface area (Å²) in [6.07, 6.45) is -0.00554. The monoisotopic (exact) mass is 255 g/mol. The topological polar surface area (TPSA) is 26.0 Å². The Balaban J connectivity index is 2.47. The maximum absolute atomic E-state index is 12.7. The molecule has 0 amide bonds. The van der Waals surface area contributed by atoms with Gasteiger partial charge in [0, 0.05) is 5.25 Å². The van der Waals surface area contributed by atoms with Gasteiger partial charge in [-0.15, -0.1) is 11.8 Å². The van der Waals surface area contributed by atoms with Crippen LogP contribution in [-0.4, -0.2) is 23.2 Å². The van der Waals surface area contributed by atoms with E-state index in [1.54, 1.807) is 0 Å². The summed E-state index contributed by atoms with van der Waals surface area (Å²) in [6.45, 7) is 2.23. The highest BCUT2D eigenvalue weighted by molar-refractivity contribution is 8.00. The zero-order valence-corrected chi connectivity index (χ0v) is 10.4. The molecule has 0 radical (unpaired) electrons. The third-order valence-electron chi connectivity index (χ3n) is 3.04. The van der Waals surface area contributed by atoms with Crippen LogP contribution in [-0.2, 0) is 0 Å². The second-order valence-electron chi connectivity index (χ2n) is 4.64. The maximum Gasteiger partial charge on any atom is 0.400 e. The molecule has 1 aliphatic carbocycles. The van der Waals surface area contributed by atoms with Gasteiger partial charge in [-0.1, -0.05) is 19.8 Å². The summed E-state index contributed by atoms with van der Waals surface area (Å²) in [7, 11) is 0. The van der Waals surface area contributed by atoms with Crippen LogP contribution in [0.2, 0.25) is 0 Å². The summed E-state index contributed by atoms with van der Waals surface area (Å²) >= 11 is 1.10. The second kappa shape index (κ2) is 6.15. The van der Waals surface area contributed by atoms with E-state index in [4.69, 9.17) is 5.73 Å². The molecule has 0 saturated heterocycles. The first-order chi connectivity index (χ1) is 7.43. The van der Waals surface area contributed by atoms with Gasteiger partial charge < -0.3 is 5.73 Å². The molecule has 0 aromatic heterocycles. The molecule has 16 heavy (non-hydrogen) atoms. The largest absolute Gasteiger partial charge is 0.400 e. The minimum absolute atomic E-state index is 0.0407. The smallest absolute Gasteiger partial charge is 0.330 e. The zero-order chi connectivity index (χ0) is 12.2. The summed E-state index contributed by atoms with van der Waals surface area (Å²) in [6, 6.07) is 0. The Morgan fingerprint density at radius 3 is 2.56 bits per heavy atom. The quantitative estimate of drug-likeness (QED) is 0.831. The summed E-state index contributed by atoms with van der Waals surface area (Å²) < 4.78 is 38.0. The van der Waals surface area contributed by atoms with E-state index in [2.05, 4.69) is 6.92 Å². The minimum Gasteiger partial charge on any atom is -0.330 e. The van der Waals surface area contributed by atoms with Gasteiger partial charge in [0.15, 0.2) is 0 Å². The molecule has 2 N–H and O–H groups in total. The average Bonchev–Trinajstić information content (AvgIpc) is 2.16. The lowest BCUT2D eigenvalue weighted by Gasteiger charge is -2.30. The van der Waals surface area contributed by atoms with Gasteiger partial charge in [0.2, 0.25) is 0 Å². The first-order valence-corrected chi connectivity index (χ1v) is 6.80. The van der Waals surface area contributed by atoms with E-state index in [-0.39, 0.29) is 18.2 Å². The van der Waals surface area contributed by atoms with Gasteiger partial charge in [0.05, 0.1) is 0 Å². The van der Waals surface area contributed by atoms with Crippen LogP contribution >= 0.6 is 11.8 Å². The van der Waals surface area contributed by atoms with Crippen LogP contribution in [0.3, 0.4) is 0 Å². The van der Waals surface area contributed by atoms with Crippen molar-refractivity contribution in [3.63, 3.8) is 0 Å². The van der Waals surface area contributed by atoms with Crippen LogP contribution in [0.25, 0.3) is 0 Å². The zero-order valence-electron chi connectivity index (χ0n) is 9.59. The molecule has 0 heterocycles. The molecular weight excluding hydrogens is 235 g/mol. The fraction of sp³-hybridized carbons (Fsp3) is 1.00. The molecule has 96 valence electrons. The van der Waals surface area contributed by atoms with Crippen molar-refractivity contribution >= 4 is 11.8 Å². The van der Waals surface area contributed by atoms with Crippen molar-refractivity contribution in [1.29, 1.82) is 0 Å². The van der Waals surface area contributed by atoms with Crippen molar-refractivity contribution in [2.24, 2.45) is 11.7 Å². The molecule has 3 atom stereocenters. The van der Waals surface area contributed by atoms with Crippen molar-refractivity contribution < 1.29 is 13.2 Å². The summed E-state index contributed by atoms with van der Waals surface area (Å²) in [5.41, 5.74) is 5.25. The molecule has 0 bridgehead atoms. The van der Waals surface area contributed by atoms with Crippen LogP contribution < -0.4 is 5.73 Å². The third-order valence-corrected chi connectivity index (χ3v) is 4.68. The summed E-state index contributed by atoms with van der Waals surface area (Å²) in [4.78, 5) is 0. The number of alkyl halides is 3. The van der Waals surface area contributed by atoms with Gasteiger partial charge in [-0.05, 0) is 31.7 Å². The normalized spacial score (nSPS) is 29.1. The standard InChI is InChI=1S/C11H20F3NS/c1-8-3-2-4-9(7-8)16-10(5-6-15)11(12,13)14/h8-10H,2-7,15H2,1H3. The van der Waals surface area contributed by atoms with Crippen LogP contribution in [0.1, 0.15) is 39.0 Å². The van der Waals surface area contributed by atoms with E-state index >= 15 is 0 Å². The second-order valence-corrected chi connectivity index (χ2v) is 6.15. The number of thioether (sulfide) groups is 1. The van der Waals surface area contributed by atoms with E-state index in [1.807, 2.05) is 0 Å². The SMILES string of the molecule is CC1CCCC(SC(CCN)C(F)(F)F)C1. The molecule has 1 fully saturated rings. The van der Waals surface area contributed by atoms with Gasteiger partial charge in [-0.2, -0.15) is 13.2 Å². The summed E-state index contributed by atoms with van der Waals surface area (Å²) in [5.74, 6) is 0.568. The number of hydrogen-bond acceptors (Lipinski definition) is 2. The van der Waals surface area contributed by atoms with Crippen LogP contribution in [0.4, 0.5) is 13.2 Å². The van der Waals surface area contributed by atoms with Crippen molar-refractivity contribution in [2.75, 3.05) is 6.54 Å². The van der Waals surface area contributed by atoms with E-state index in [0.29, 0.717) is 5.92 Å². The Kier molecular flexibility index (Phi) is 5.44. The Morgan fingerprint density at radius 1 is 1.38 bits per heavy atom. The lowest BCUT2D eigenvalue weighted by molar-refractivity contribution is -0.129. The van der Waals surface area contributed by atoms with E-state index in [9.17, 15) is 13.2 Å². The molecule has 3 unspecified atom stereocenters. The first kappa shape index (κ1) is 14.2. The van der Waals surface area contributed by atoms with E-state index < -0.39 is 11.4 Å². The molecule has 1 nitrogen and oxygen atoms in total. The van der Waals surface area contributed by atoms with E-state index in [0.717, 1.165) is 37.4 Å². The Hall–Kier alpha value is 0.100. The highest BCUT2D eigenvalue weighted by Crippen LogP contribution is 2.40. The number of halogens is 3. The van der Waals surface area contributed by atoms with Gasteiger partial charge in [-0.25, -0.2) is 0 Å². The molecule has 5 heteroatoms. The van der Waals surface area contributed by atoms with Crippen LogP contribution in [0.15, 0.2) is 0 Å². The van der Waals surface area contributed by atoms with Crippen molar-refractivity contribution in [2.45, 2.75) is 55.7 Å². The van der Waals surface area contributed by atoms with Crippen LogP contribution in [0.5, 0.6) is 0 Å². The van der Waals surface area contributed by atoms with Crippen molar-refractivity contribution in [1.82, 2.24) is 0 Å². The summed E-state index contributed by atoms with van der Waals surface area (Å²) in [5, 5.41) is -1.10. The molecule has 0 spiro atoms. The number of rotatable bonds is 4. The van der Waals surface area contributed by atoms with Crippen molar-refractivity contribution in [3.05, 3.63) is 0 Å². The number of hydrogen-bond donors (Lipinski definition) is 1. The highest BCUT2D eigenvalue weighted by atomic mass is 32.2. The molecule has 1 saturated carbocycles. The Labute approximate surface area is 99.3 Å². The molecule has 0 aromatic carbocycles. The first-order valence-electron chi connectivity index (χ1n) is 5.85. The fourth-order valence-corrected chi connectivity index (χ4v) is 3.83. The lowest BCUT2D eigenvalue weighted by Crippen LogP contribution is -2.31. The number of nitrogens with two attached hydrogens (primary N) is 1. The predicted molar refractivity (Wildman–Crippen MR) is 62.5 cm³/mol. The predicted octanol–water partition coefficient (Wildman–Crippen LogP) is 3.58. The molecule has 0 aliphatic heterocycles. The molecule has 1 rings (SSSR count). The van der Waals surface area contributed by atoms with Crippen LogP contribution in [0, 0.1) is 5.92 Å². The maximum atomic E-state index is 12.7. The lowest BCUT2D eigenvalue weighted by atomic mass is 9.91. The van der Waals surface area contributed by atoms with Gasteiger partial charge >= 0.3 is 6.18 Å². The molecule has 0 aromatic rings. The third kappa shape index (κ3) is 4.53. The van der Waals surface area contributed by atoms with Crippen molar-refractivity contribution in [3.8, 4) is 0 Å². The van der Waals surface area contributed by atoms with Gasteiger partial charge in [0.25, 0.3) is 0 Å². The van der Waals surface area contributed by atoms with E-state index in [1.165, 1.54) is 0 Å². The average molecular weight is 255 g/mol. The minimum atomic E-state index is -4.11. The Morgan fingerprint density at radius 2 is 2.06 bits per heavy atom.